The fraction of sp³-hybridized carbons (Fsp3) is 0.444. The molecule has 0 aliphatic heterocycles. The Morgan fingerprint density at radius 3 is 1.62 bits per heavy atom. The smallest absolute Gasteiger partial charge is 0.274 e. The number of hydrogen-bond acceptors (Lipinski definition) is 4. The number of likely N-dealkylation sites (N-methyl/N-ethyl adjacent to an activating group) is 1. The van der Waals surface area contributed by atoms with Gasteiger partial charge in [0.05, 0.1) is 40.2 Å². The summed E-state index contributed by atoms with van der Waals surface area (Å²) >= 11 is 0. The normalized spacial score (nSPS) is 9.17. The molecular formula is C18H30N4O2. The van der Waals surface area contributed by atoms with Crippen molar-refractivity contribution < 1.29 is 14.5 Å². The summed E-state index contributed by atoms with van der Waals surface area (Å²) in [4.78, 5) is 16.4. The Labute approximate surface area is 145 Å². The molecule has 1 aromatic carbocycles. The summed E-state index contributed by atoms with van der Waals surface area (Å²) < 4.78 is 2.10. The van der Waals surface area contributed by atoms with Gasteiger partial charge < -0.3 is 19.7 Å². The zero-order valence-electron chi connectivity index (χ0n) is 16.1. The lowest BCUT2D eigenvalue weighted by atomic mass is 10.2. The van der Waals surface area contributed by atoms with Crippen molar-refractivity contribution in [2.45, 2.75) is 0 Å². The van der Waals surface area contributed by atoms with Crippen LogP contribution in [0.3, 0.4) is 0 Å². The van der Waals surface area contributed by atoms with Gasteiger partial charge in [0, 0.05) is 28.2 Å². The van der Waals surface area contributed by atoms with Crippen LogP contribution in [0.15, 0.2) is 42.2 Å². The quantitative estimate of drug-likeness (QED) is 0.448. The Bertz CT molecular complexity index is 562. The molecule has 1 rings (SSSR count). The summed E-state index contributed by atoms with van der Waals surface area (Å²) in [6.45, 7) is 0. The van der Waals surface area contributed by atoms with Gasteiger partial charge in [-0.15, -0.1) is 0 Å². The lowest BCUT2D eigenvalue weighted by molar-refractivity contribution is -0.468. The molecule has 0 heterocycles. The summed E-state index contributed by atoms with van der Waals surface area (Å²) in [6, 6.07) is 8.06. The van der Waals surface area contributed by atoms with Gasteiger partial charge in [-0.3, -0.25) is 9.48 Å². The number of benzene rings is 1. The van der Waals surface area contributed by atoms with Gasteiger partial charge in [0.2, 0.25) is 0 Å². The maximum Gasteiger partial charge on any atom is 0.274 e. The molecule has 24 heavy (non-hydrogen) atoms. The molecule has 0 spiro atoms. The van der Waals surface area contributed by atoms with E-state index >= 15 is 0 Å². The fourth-order valence-corrected chi connectivity index (χ4v) is 2.01. The number of aromatic carboxylic acids is 1. The van der Waals surface area contributed by atoms with E-state index in [1.165, 1.54) is 23.8 Å². The predicted octanol–water partition coefficient (Wildman–Crippen LogP) is 0.233. The van der Waals surface area contributed by atoms with E-state index in [1.807, 2.05) is 0 Å². The van der Waals surface area contributed by atoms with Gasteiger partial charge >= 0.3 is 0 Å². The number of carbonyl (C=O) groups is 1. The number of hydrogen-bond donors (Lipinski definition) is 0. The molecule has 0 aromatic heterocycles. The van der Waals surface area contributed by atoms with Gasteiger partial charge in [0.1, 0.15) is 5.82 Å². The van der Waals surface area contributed by atoms with Crippen LogP contribution in [0.1, 0.15) is 10.4 Å². The second-order valence-electron chi connectivity index (χ2n) is 6.09. The van der Waals surface area contributed by atoms with E-state index in [1.54, 1.807) is 18.2 Å². The van der Waals surface area contributed by atoms with Crippen LogP contribution in [0.4, 0.5) is 0 Å². The van der Waals surface area contributed by atoms with Crippen LogP contribution < -0.4 is 5.11 Å². The Morgan fingerprint density at radius 2 is 1.38 bits per heavy atom. The number of nitrogens with zero attached hydrogens (tertiary/aromatic N) is 4. The third-order valence-corrected chi connectivity index (χ3v) is 3.10. The van der Waals surface area contributed by atoms with Crippen molar-refractivity contribution in [3.05, 3.63) is 47.8 Å². The van der Waals surface area contributed by atoms with Crippen LogP contribution in [-0.2, 0) is 0 Å². The highest BCUT2D eigenvalue weighted by Crippen LogP contribution is 2.03. The molecule has 6 nitrogen and oxygen atoms in total. The van der Waals surface area contributed by atoms with Crippen LogP contribution in [0.2, 0.25) is 0 Å². The van der Waals surface area contributed by atoms with E-state index < -0.39 is 5.97 Å². The van der Waals surface area contributed by atoms with Crippen molar-refractivity contribution in [2.24, 2.45) is 0 Å². The Balaban J connectivity index is 0.000000496. The van der Waals surface area contributed by atoms with Crippen LogP contribution in [0, 0.1) is 0 Å². The Kier molecular flexibility index (Phi) is 9.23. The second-order valence-corrected chi connectivity index (χ2v) is 6.09. The van der Waals surface area contributed by atoms with Crippen molar-refractivity contribution in [1.82, 2.24) is 14.7 Å². The van der Waals surface area contributed by atoms with Gasteiger partial charge in [0.15, 0.2) is 0 Å². The molecule has 0 aliphatic carbocycles. The summed E-state index contributed by atoms with van der Waals surface area (Å²) in [5.41, 5.74) is 0.220. The van der Waals surface area contributed by atoms with Gasteiger partial charge in [-0.25, -0.2) is 0 Å². The van der Waals surface area contributed by atoms with Crippen molar-refractivity contribution in [3.63, 3.8) is 0 Å². The molecule has 134 valence electrons. The number of rotatable bonds is 4. The van der Waals surface area contributed by atoms with Crippen LogP contribution in [0.5, 0.6) is 0 Å². The SMILES string of the molecule is CN(C)C(=CC(N(C)C)=[N+](C)C)N(C)C.O=C([O-])c1ccccc1. The molecule has 0 fully saturated rings. The van der Waals surface area contributed by atoms with E-state index in [4.69, 9.17) is 0 Å². The first-order chi connectivity index (χ1) is 11.1. The van der Waals surface area contributed by atoms with Gasteiger partial charge in [0.25, 0.3) is 5.84 Å². The van der Waals surface area contributed by atoms with Crippen molar-refractivity contribution in [2.75, 3.05) is 56.4 Å². The average molecular weight is 334 g/mol. The molecule has 6 heteroatoms. The third-order valence-electron chi connectivity index (χ3n) is 3.10. The van der Waals surface area contributed by atoms with Crippen molar-refractivity contribution in [3.8, 4) is 0 Å². The van der Waals surface area contributed by atoms with Gasteiger partial charge in [-0.2, -0.15) is 0 Å². The number of carboxylic acid groups (broad SMARTS) is 1. The molecule has 0 bridgehead atoms. The van der Waals surface area contributed by atoms with Crippen LogP contribution in [-0.4, -0.2) is 87.5 Å². The number of carboxylic acids is 1. The maximum atomic E-state index is 10.1. The van der Waals surface area contributed by atoms with Crippen molar-refractivity contribution >= 4 is 11.8 Å². The monoisotopic (exact) mass is 334 g/mol. The van der Waals surface area contributed by atoms with E-state index in [2.05, 4.69) is 81.7 Å². The summed E-state index contributed by atoms with van der Waals surface area (Å²) in [6.07, 6.45) is 2.17. The summed E-state index contributed by atoms with van der Waals surface area (Å²) in [5, 5.41) is 10.1. The second kappa shape index (κ2) is 10.3. The summed E-state index contributed by atoms with van der Waals surface area (Å²) in [7, 11) is 16.4. The molecule has 0 unspecified atom stereocenters. The molecule has 0 N–H and O–H groups in total. The maximum absolute atomic E-state index is 10.1. The highest BCUT2D eigenvalue weighted by atomic mass is 16.4. The minimum atomic E-state index is -1.13. The van der Waals surface area contributed by atoms with Crippen molar-refractivity contribution in [1.29, 1.82) is 0 Å². The Hall–Kier alpha value is -2.50. The molecule has 0 radical (unpaired) electrons. The van der Waals surface area contributed by atoms with E-state index in [9.17, 15) is 9.90 Å². The highest BCUT2D eigenvalue weighted by molar-refractivity contribution is 5.88. The van der Waals surface area contributed by atoms with Gasteiger partial charge in [-0.1, -0.05) is 30.3 Å². The largest absolute Gasteiger partial charge is 0.545 e. The van der Waals surface area contributed by atoms with Crippen LogP contribution >= 0.6 is 0 Å². The molecule has 0 atom stereocenters. The van der Waals surface area contributed by atoms with E-state index in [0.717, 1.165) is 0 Å². The fourth-order valence-electron chi connectivity index (χ4n) is 2.01. The summed E-state index contributed by atoms with van der Waals surface area (Å²) in [5.74, 6) is 1.22. The topological polar surface area (TPSA) is 52.9 Å². The molecule has 0 saturated heterocycles. The zero-order chi connectivity index (χ0) is 18.9. The number of amidine groups is 1. The highest BCUT2D eigenvalue weighted by Gasteiger charge is 2.12. The molecular weight excluding hydrogens is 304 g/mol. The van der Waals surface area contributed by atoms with Crippen LogP contribution in [0.25, 0.3) is 0 Å². The van der Waals surface area contributed by atoms with E-state index in [0.29, 0.717) is 0 Å². The van der Waals surface area contributed by atoms with Gasteiger partial charge in [-0.05, 0) is 5.56 Å². The average Bonchev–Trinajstić information content (AvgIpc) is 2.47. The minimum Gasteiger partial charge on any atom is -0.545 e. The molecule has 0 aliphatic rings. The first-order valence-electron chi connectivity index (χ1n) is 7.62. The first-order valence-corrected chi connectivity index (χ1v) is 7.62. The standard InChI is InChI=1S/C11H25N4.C7H6O2/c1-12(2)10(13(3)4)9-11(14(5)6)15(7)8;8-7(9)6-4-2-1-3-5-6/h9H,1-8H3;1-5H,(H,8,9)/q+1;/p-1. The molecule has 1 aromatic rings. The lowest BCUT2D eigenvalue weighted by Gasteiger charge is -2.24. The minimum absolute atomic E-state index is 0.220. The third kappa shape index (κ3) is 7.67. The molecule has 0 saturated carbocycles. The number of carbonyl (C=O) groups excluding carboxylic acids is 1. The molecule has 0 amide bonds. The predicted molar refractivity (Wildman–Crippen MR) is 97.0 cm³/mol. The van der Waals surface area contributed by atoms with E-state index in [-0.39, 0.29) is 5.56 Å². The zero-order valence-corrected chi connectivity index (χ0v) is 16.1. The Morgan fingerprint density at radius 1 is 0.917 bits per heavy atom. The first kappa shape index (κ1) is 21.5. The lowest BCUT2D eigenvalue weighted by Crippen LogP contribution is -2.32.